The van der Waals surface area contributed by atoms with Crippen LogP contribution in [0.25, 0.3) is 0 Å². The molecule has 0 radical (unpaired) electrons. The number of amides is 1. The molecular weight excluding hydrogens is 405 g/mol. The molecule has 7 nitrogen and oxygen atoms in total. The summed E-state index contributed by atoms with van der Waals surface area (Å²) in [6.45, 7) is 3.38. The molecule has 0 aliphatic heterocycles. The highest BCUT2D eigenvalue weighted by Crippen LogP contribution is 2.31. The van der Waals surface area contributed by atoms with Gasteiger partial charge in [0.15, 0.2) is 10.9 Å². The van der Waals surface area contributed by atoms with Gasteiger partial charge >= 0.3 is 0 Å². The molecule has 0 fully saturated rings. The van der Waals surface area contributed by atoms with Crippen LogP contribution in [-0.2, 0) is 6.54 Å². The quantitative estimate of drug-likeness (QED) is 0.581. The molecule has 0 unspecified atom stereocenters. The highest BCUT2D eigenvalue weighted by Gasteiger charge is 2.16. The van der Waals surface area contributed by atoms with E-state index >= 15 is 0 Å². The van der Waals surface area contributed by atoms with Crippen molar-refractivity contribution in [1.82, 2.24) is 14.8 Å². The Balaban J connectivity index is 1.75. The fourth-order valence-electron chi connectivity index (χ4n) is 2.64. The Morgan fingerprint density at radius 2 is 2.18 bits per heavy atom. The van der Waals surface area contributed by atoms with Crippen LogP contribution in [0.4, 0.5) is 21.0 Å². The van der Waals surface area contributed by atoms with Gasteiger partial charge in [-0.3, -0.25) is 9.48 Å². The smallest absolute Gasteiger partial charge is 0.267 e. The third kappa shape index (κ3) is 4.26. The predicted molar refractivity (Wildman–Crippen MR) is 109 cm³/mol. The van der Waals surface area contributed by atoms with Gasteiger partial charge in [0.1, 0.15) is 22.3 Å². The molecule has 1 amide bonds. The fourth-order valence-corrected chi connectivity index (χ4v) is 3.55. The summed E-state index contributed by atoms with van der Waals surface area (Å²) < 4.78 is 19.2. The van der Waals surface area contributed by atoms with Crippen LogP contribution in [0.3, 0.4) is 0 Å². The molecule has 10 heteroatoms. The summed E-state index contributed by atoms with van der Waals surface area (Å²) in [6.07, 6.45) is 3.00. The first-order valence-electron chi connectivity index (χ1n) is 8.40. The van der Waals surface area contributed by atoms with E-state index in [2.05, 4.69) is 20.7 Å². The van der Waals surface area contributed by atoms with Gasteiger partial charge in [-0.25, -0.2) is 9.37 Å². The first kappa shape index (κ1) is 20.1. The summed E-state index contributed by atoms with van der Waals surface area (Å²) in [6, 6.07) is 3.75. The summed E-state index contributed by atoms with van der Waals surface area (Å²) in [5, 5.41) is 10.8. The molecule has 0 saturated carbocycles. The second kappa shape index (κ2) is 8.57. The average molecular weight is 424 g/mol. The van der Waals surface area contributed by atoms with E-state index in [1.165, 1.54) is 17.1 Å². The zero-order chi connectivity index (χ0) is 20.3. The number of halogens is 2. The molecule has 3 aromatic rings. The van der Waals surface area contributed by atoms with Crippen molar-refractivity contribution in [1.29, 1.82) is 0 Å². The van der Waals surface area contributed by atoms with Crippen molar-refractivity contribution in [2.45, 2.75) is 20.4 Å². The van der Waals surface area contributed by atoms with Gasteiger partial charge < -0.3 is 15.4 Å². The number of aryl methyl sites for hydroxylation is 2. The molecule has 0 aliphatic carbocycles. The minimum Gasteiger partial charge on any atom is -0.496 e. The maximum atomic E-state index is 12.6. The molecule has 0 saturated heterocycles. The molecule has 2 heterocycles. The van der Waals surface area contributed by atoms with Crippen molar-refractivity contribution in [3.8, 4) is 5.75 Å². The topological polar surface area (TPSA) is 81.1 Å². The average Bonchev–Trinajstić information content (AvgIpc) is 3.26. The zero-order valence-electron chi connectivity index (χ0n) is 15.5. The SMILES string of the molecule is COc1ccc(C)c(NC(=O)c2cnc(Nc3nn(CCF)cc3Cl)s2)c1C. The van der Waals surface area contributed by atoms with Crippen LogP contribution in [-0.4, -0.2) is 34.5 Å². The lowest BCUT2D eigenvalue weighted by atomic mass is 10.1. The largest absolute Gasteiger partial charge is 0.496 e. The lowest BCUT2D eigenvalue weighted by Gasteiger charge is -2.14. The van der Waals surface area contributed by atoms with Gasteiger partial charge in [0.2, 0.25) is 0 Å². The number of hydrogen-bond donors (Lipinski definition) is 2. The maximum absolute atomic E-state index is 12.6. The van der Waals surface area contributed by atoms with Crippen molar-refractivity contribution in [3.05, 3.63) is 45.6 Å². The number of nitrogens with one attached hydrogen (secondary N) is 2. The minimum atomic E-state index is -0.540. The van der Waals surface area contributed by atoms with Crippen LogP contribution in [0, 0.1) is 13.8 Å². The van der Waals surface area contributed by atoms with Gasteiger partial charge in [-0.2, -0.15) is 5.10 Å². The monoisotopic (exact) mass is 423 g/mol. The van der Waals surface area contributed by atoms with Crippen molar-refractivity contribution in [3.63, 3.8) is 0 Å². The number of methoxy groups -OCH3 is 1. The second-order valence-electron chi connectivity index (χ2n) is 5.97. The number of anilines is 3. The highest BCUT2D eigenvalue weighted by molar-refractivity contribution is 7.17. The number of thiazole rings is 1. The van der Waals surface area contributed by atoms with E-state index < -0.39 is 6.67 Å². The van der Waals surface area contributed by atoms with Crippen molar-refractivity contribution in [2.24, 2.45) is 0 Å². The summed E-state index contributed by atoms with van der Waals surface area (Å²) in [4.78, 5) is 17.3. The van der Waals surface area contributed by atoms with E-state index in [4.69, 9.17) is 16.3 Å². The number of carbonyl (C=O) groups is 1. The van der Waals surface area contributed by atoms with Gasteiger partial charge in [0.25, 0.3) is 5.91 Å². The Morgan fingerprint density at radius 3 is 2.89 bits per heavy atom. The van der Waals surface area contributed by atoms with E-state index in [9.17, 15) is 9.18 Å². The van der Waals surface area contributed by atoms with Crippen LogP contribution in [0.1, 0.15) is 20.8 Å². The first-order chi connectivity index (χ1) is 13.4. The van der Waals surface area contributed by atoms with E-state index in [1.807, 2.05) is 26.0 Å². The molecule has 148 valence electrons. The molecule has 1 aromatic carbocycles. The maximum Gasteiger partial charge on any atom is 0.267 e. The standard InChI is InChI=1S/C18H19ClFN5O2S/c1-10-4-5-13(27-3)11(2)15(10)22-17(26)14-8-21-18(28-14)23-16-12(19)9-25(24-16)7-6-20/h4-5,8-9H,6-7H2,1-3H3,(H,22,26)(H,21,23,24). The molecule has 0 spiro atoms. The predicted octanol–water partition coefficient (Wildman–Crippen LogP) is 4.58. The lowest BCUT2D eigenvalue weighted by molar-refractivity contribution is 0.103. The number of ether oxygens (including phenoxy) is 1. The van der Waals surface area contributed by atoms with Crippen molar-refractivity contribution >= 4 is 45.5 Å². The van der Waals surface area contributed by atoms with E-state index in [0.29, 0.717) is 32.3 Å². The lowest BCUT2D eigenvalue weighted by Crippen LogP contribution is -2.12. The molecule has 3 rings (SSSR count). The number of benzene rings is 1. The molecular formula is C18H19ClFN5O2S. The van der Waals surface area contributed by atoms with E-state index in [-0.39, 0.29) is 12.5 Å². The number of hydrogen-bond acceptors (Lipinski definition) is 6. The second-order valence-corrected chi connectivity index (χ2v) is 7.41. The van der Waals surface area contributed by atoms with Gasteiger partial charge in [-0.05, 0) is 25.5 Å². The third-order valence-electron chi connectivity index (χ3n) is 4.07. The molecule has 0 bridgehead atoms. The number of alkyl halides is 1. The molecule has 0 atom stereocenters. The number of nitrogens with zero attached hydrogens (tertiary/aromatic N) is 3. The van der Waals surface area contributed by atoms with E-state index in [0.717, 1.165) is 22.5 Å². The summed E-state index contributed by atoms with van der Waals surface area (Å²) >= 11 is 7.25. The van der Waals surface area contributed by atoms with Gasteiger partial charge in [-0.1, -0.05) is 29.0 Å². The summed E-state index contributed by atoms with van der Waals surface area (Å²) in [5.74, 6) is 0.779. The molecule has 0 aliphatic rings. The third-order valence-corrected chi connectivity index (χ3v) is 5.26. The number of rotatable bonds is 7. The van der Waals surface area contributed by atoms with Crippen molar-refractivity contribution in [2.75, 3.05) is 24.4 Å². The number of aromatic nitrogens is 3. The minimum absolute atomic E-state index is 0.117. The highest BCUT2D eigenvalue weighted by atomic mass is 35.5. The van der Waals surface area contributed by atoms with Crippen LogP contribution >= 0.6 is 22.9 Å². The van der Waals surface area contributed by atoms with Gasteiger partial charge in [-0.15, -0.1) is 0 Å². The Morgan fingerprint density at radius 1 is 1.39 bits per heavy atom. The van der Waals surface area contributed by atoms with Crippen LogP contribution in [0.15, 0.2) is 24.5 Å². The Labute approximate surface area is 170 Å². The first-order valence-corrected chi connectivity index (χ1v) is 9.59. The zero-order valence-corrected chi connectivity index (χ0v) is 17.1. The summed E-state index contributed by atoms with van der Waals surface area (Å²) in [7, 11) is 1.59. The van der Waals surface area contributed by atoms with Crippen LogP contribution < -0.4 is 15.4 Å². The van der Waals surface area contributed by atoms with E-state index in [1.54, 1.807) is 7.11 Å². The Kier molecular flexibility index (Phi) is 6.15. The van der Waals surface area contributed by atoms with Crippen molar-refractivity contribution < 1.29 is 13.9 Å². The summed E-state index contributed by atoms with van der Waals surface area (Å²) in [5.41, 5.74) is 2.49. The molecule has 2 aromatic heterocycles. The normalized spacial score (nSPS) is 10.8. The molecule has 28 heavy (non-hydrogen) atoms. The van der Waals surface area contributed by atoms with Gasteiger partial charge in [0.05, 0.1) is 25.5 Å². The Hall–Kier alpha value is -2.65. The van der Waals surface area contributed by atoms with Gasteiger partial charge in [0, 0.05) is 11.8 Å². The van der Waals surface area contributed by atoms with Crippen LogP contribution in [0.5, 0.6) is 5.75 Å². The fraction of sp³-hybridized carbons (Fsp3) is 0.278. The van der Waals surface area contributed by atoms with Crippen LogP contribution in [0.2, 0.25) is 5.02 Å². The Bertz CT molecular complexity index is 1000. The molecule has 2 N–H and O–H groups in total. The number of carbonyl (C=O) groups excluding carboxylic acids is 1.